The van der Waals surface area contributed by atoms with E-state index >= 15 is 0 Å². The normalized spacial score (nSPS) is 22.2. The quantitative estimate of drug-likeness (QED) is 0.671. The third kappa shape index (κ3) is 3.19. The Kier molecular flexibility index (Phi) is 4.11. The number of hydrogen-bond acceptors (Lipinski definition) is 5. The Hall–Kier alpha value is -2.25. The molecule has 108 valence electrons. The lowest BCUT2D eigenvalue weighted by Crippen LogP contribution is -2.28. The molecule has 0 atom stereocenters. The summed E-state index contributed by atoms with van der Waals surface area (Å²) in [5.41, 5.74) is -0.440. The van der Waals surface area contributed by atoms with Crippen LogP contribution in [0.25, 0.3) is 0 Å². The van der Waals surface area contributed by atoms with Crippen molar-refractivity contribution in [3.8, 4) is 5.88 Å². The molecule has 7 nitrogen and oxygen atoms in total. The molecule has 0 bridgehead atoms. The number of ether oxygens (including phenoxy) is 1. The molecular weight excluding hydrogens is 271 g/mol. The smallest absolute Gasteiger partial charge is 0.306 e. The van der Waals surface area contributed by atoms with Gasteiger partial charge >= 0.3 is 5.97 Å². The molecule has 2 rings (SSSR count). The topological polar surface area (TPSA) is 103 Å². The predicted octanol–water partition coefficient (Wildman–Crippen LogP) is 2.15. The number of nitrogens with zero attached hydrogens (tertiary/aromatic N) is 2. The average Bonchev–Trinajstić information content (AvgIpc) is 2.41. The van der Waals surface area contributed by atoms with Gasteiger partial charge in [0.05, 0.1) is 16.9 Å². The van der Waals surface area contributed by atoms with Gasteiger partial charge in [-0.1, -0.05) is 0 Å². The Balaban J connectivity index is 1.98. The van der Waals surface area contributed by atoms with Crippen LogP contribution in [0.1, 0.15) is 25.7 Å². The van der Waals surface area contributed by atoms with Crippen LogP contribution in [0.5, 0.6) is 5.88 Å². The van der Waals surface area contributed by atoms with E-state index in [1.165, 1.54) is 0 Å². The van der Waals surface area contributed by atoms with Gasteiger partial charge in [0.1, 0.15) is 12.3 Å². The zero-order chi connectivity index (χ0) is 14.7. The molecule has 1 aromatic heterocycles. The van der Waals surface area contributed by atoms with Crippen molar-refractivity contribution in [2.24, 2.45) is 5.92 Å². The molecule has 1 aliphatic carbocycles. The van der Waals surface area contributed by atoms with Gasteiger partial charge < -0.3 is 9.84 Å². The highest BCUT2D eigenvalue weighted by molar-refractivity contribution is 5.70. The first-order valence-corrected chi connectivity index (χ1v) is 6.16. The van der Waals surface area contributed by atoms with Crippen molar-refractivity contribution in [3.05, 3.63) is 28.2 Å². The molecule has 1 aromatic rings. The summed E-state index contributed by atoms with van der Waals surface area (Å²) in [7, 11) is 0. The maximum atomic E-state index is 13.6. The van der Waals surface area contributed by atoms with Gasteiger partial charge in [0.2, 0.25) is 0 Å². The van der Waals surface area contributed by atoms with E-state index in [0.717, 1.165) is 12.3 Å². The highest BCUT2D eigenvalue weighted by Crippen LogP contribution is 2.28. The van der Waals surface area contributed by atoms with Crippen molar-refractivity contribution in [2.45, 2.75) is 31.8 Å². The first-order valence-electron chi connectivity index (χ1n) is 6.16. The van der Waals surface area contributed by atoms with Crippen molar-refractivity contribution >= 4 is 11.7 Å². The number of carboxylic acid groups (broad SMARTS) is 1. The minimum atomic E-state index is -0.889. The van der Waals surface area contributed by atoms with E-state index in [9.17, 15) is 19.3 Å². The van der Waals surface area contributed by atoms with Crippen molar-refractivity contribution < 1.29 is 24.0 Å². The summed E-state index contributed by atoms with van der Waals surface area (Å²) in [6.45, 7) is 0. The van der Waals surface area contributed by atoms with Crippen LogP contribution < -0.4 is 4.74 Å². The SMILES string of the molecule is O=C(O)C1CCC(Oc2ncc([N+](=O)[O-])cc2F)CC1. The molecule has 0 spiro atoms. The Labute approximate surface area is 113 Å². The number of carbonyl (C=O) groups is 1. The summed E-state index contributed by atoms with van der Waals surface area (Å²) in [6.07, 6.45) is 2.54. The van der Waals surface area contributed by atoms with E-state index in [0.29, 0.717) is 25.7 Å². The number of pyridine rings is 1. The van der Waals surface area contributed by atoms with Crippen LogP contribution >= 0.6 is 0 Å². The maximum Gasteiger partial charge on any atom is 0.306 e. The third-order valence-electron chi connectivity index (χ3n) is 3.31. The van der Waals surface area contributed by atoms with Gasteiger partial charge in [-0.3, -0.25) is 14.9 Å². The molecule has 1 fully saturated rings. The average molecular weight is 284 g/mol. The lowest BCUT2D eigenvalue weighted by molar-refractivity contribution is -0.385. The van der Waals surface area contributed by atoms with Crippen LogP contribution in [0.4, 0.5) is 10.1 Å². The lowest BCUT2D eigenvalue weighted by Gasteiger charge is -2.26. The summed E-state index contributed by atoms with van der Waals surface area (Å²) in [4.78, 5) is 24.1. The first kappa shape index (κ1) is 14.2. The molecule has 1 heterocycles. The summed E-state index contributed by atoms with van der Waals surface area (Å²) < 4.78 is 18.9. The largest absolute Gasteiger partial charge is 0.481 e. The molecule has 1 aliphatic rings. The highest BCUT2D eigenvalue weighted by Gasteiger charge is 2.28. The molecule has 0 unspecified atom stereocenters. The van der Waals surface area contributed by atoms with Crippen molar-refractivity contribution in [1.29, 1.82) is 0 Å². The zero-order valence-electron chi connectivity index (χ0n) is 10.5. The van der Waals surface area contributed by atoms with Gasteiger partial charge in [-0.15, -0.1) is 0 Å². The summed E-state index contributed by atoms with van der Waals surface area (Å²) in [6, 6.07) is 0.755. The zero-order valence-corrected chi connectivity index (χ0v) is 10.5. The highest BCUT2D eigenvalue weighted by atomic mass is 19.1. The predicted molar refractivity (Wildman–Crippen MR) is 64.9 cm³/mol. The van der Waals surface area contributed by atoms with E-state index < -0.39 is 22.4 Å². The lowest BCUT2D eigenvalue weighted by atomic mass is 9.87. The second-order valence-electron chi connectivity index (χ2n) is 4.67. The standard InChI is InChI=1S/C12H13FN2O5/c13-10-5-8(15(18)19)6-14-11(10)20-9-3-1-7(2-4-9)12(16)17/h5-7,9H,1-4H2,(H,16,17). The van der Waals surface area contributed by atoms with Crippen LogP contribution in [0.15, 0.2) is 12.3 Å². The second kappa shape index (κ2) is 5.81. The molecule has 0 aliphatic heterocycles. The Morgan fingerprint density at radius 2 is 2.10 bits per heavy atom. The maximum absolute atomic E-state index is 13.6. The Morgan fingerprint density at radius 3 is 2.60 bits per heavy atom. The van der Waals surface area contributed by atoms with E-state index in [1.807, 2.05) is 0 Å². The molecule has 0 amide bonds. The van der Waals surface area contributed by atoms with E-state index in [4.69, 9.17) is 9.84 Å². The van der Waals surface area contributed by atoms with E-state index in [1.54, 1.807) is 0 Å². The van der Waals surface area contributed by atoms with Crippen LogP contribution in [-0.4, -0.2) is 27.1 Å². The van der Waals surface area contributed by atoms with Crippen molar-refractivity contribution in [3.63, 3.8) is 0 Å². The van der Waals surface area contributed by atoms with Crippen LogP contribution in [0.2, 0.25) is 0 Å². The minimum absolute atomic E-state index is 0.283. The van der Waals surface area contributed by atoms with Crippen molar-refractivity contribution in [1.82, 2.24) is 4.98 Å². The molecule has 1 N–H and O–H groups in total. The summed E-state index contributed by atoms with van der Waals surface area (Å²) in [5, 5.41) is 19.3. The molecule has 0 saturated heterocycles. The van der Waals surface area contributed by atoms with Crippen molar-refractivity contribution in [2.75, 3.05) is 0 Å². The number of nitro groups is 1. The minimum Gasteiger partial charge on any atom is -0.481 e. The van der Waals surface area contributed by atoms with E-state index in [-0.39, 0.29) is 17.9 Å². The van der Waals surface area contributed by atoms with Crippen LogP contribution in [0, 0.1) is 21.8 Å². The molecule has 20 heavy (non-hydrogen) atoms. The van der Waals surface area contributed by atoms with Gasteiger partial charge in [0.15, 0.2) is 5.82 Å². The summed E-state index contributed by atoms with van der Waals surface area (Å²) >= 11 is 0. The fourth-order valence-corrected chi connectivity index (χ4v) is 2.19. The fraction of sp³-hybridized carbons (Fsp3) is 0.500. The van der Waals surface area contributed by atoms with Gasteiger partial charge in [0.25, 0.3) is 11.6 Å². The van der Waals surface area contributed by atoms with Gasteiger partial charge in [-0.25, -0.2) is 9.37 Å². The first-order chi connectivity index (χ1) is 9.47. The molecule has 1 saturated carbocycles. The fourth-order valence-electron chi connectivity index (χ4n) is 2.19. The number of rotatable bonds is 4. The van der Waals surface area contributed by atoms with Gasteiger partial charge in [0, 0.05) is 0 Å². The third-order valence-corrected chi connectivity index (χ3v) is 3.31. The van der Waals surface area contributed by atoms with Crippen LogP contribution in [0.3, 0.4) is 0 Å². The number of halogens is 1. The number of aliphatic carboxylic acids is 1. The second-order valence-corrected chi connectivity index (χ2v) is 4.67. The number of aromatic nitrogens is 1. The van der Waals surface area contributed by atoms with Gasteiger partial charge in [-0.05, 0) is 25.7 Å². The van der Waals surface area contributed by atoms with Crippen LogP contribution in [-0.2, 0) is 4.79 Å². The molecular formula is C12H13FN2O5. The molecule has 8 heteroatoms. The Bertz CT molecular complexity index is 529. The molecule has 0 aromatic carbocycles. The Morgan fingerprint density at radius 1 is 1.45 bits per heavy atom. The van der Waals surface area contributed by atoms with E-state index in [2.05, 4.69) is 4.98 Å². The number of hydrogen-bond donors (Lipinski definition) is 1. The molecule has 0 radical (unpaired) electrons. The summed E-state index contributed by atoms with van der Waals surface area (Å²) in [5.74, 6) is -2.39. The monoisotopic (exact) mass is 284 g/mol. The van der Waals surface area contributed by atoms with Gasteiger partial charge in [-0.2, -0.15) is 0 Å². The number of carboxylic acids is 1.